The molecule has 0 amide bonds. The lowest BCUT2D eigenvalue weighted by molar-refractivity contribution is -0.980. The molecule has 3 aromatic rings. The topological polar surface area (TPSA) is 68.2 Å². The quantitative estimate of drug-likeness (QED) is 0.520. The van der Waals surface area contributed by atoms with Gasteiger partial charge in [0.15, 0.2) is 13.3 Å². The Kier molecular flexibility index (Phi) is 5.21. The number of rotatable bonds is 4. The normalized spacial score (nSPS) is 16.5. The molecule has 1 aliphatic rings. The molecule has 4 rings (SSSR count). The minimum absolute atomic E-state index is 0.621. The van der Waals surface area contributed by atoms with Gasteiger partial charge in [-0.05, 0) is 49.6 Å². The first-order valence-corrected chi connectivity index (χ1v) is 9.83. The van der Waals surface area contributed by atoms with Crippen molar-refractivity contribution in [3.05, 3.63) is 64.8 Å². The Bertz CT molecular complexity index is 1010. The minimum atomic E-state index is 0.621. The monoisotopic (exact) mass is 376 g/mol. The molecule has 0 aliphatic carbocycles. The second-order valence-electron chi connectivity index (χ2n) is 7.53. The van der Waals surface area contributed by atoms with Gasteiger partial charge in [-0.15, -0.1) is 0 Å². The molecular formula is C22H28N6+2. The van der Waals surface area contributed by atoms with E-state index in [1.807, 2.05) is 6.92 Å². The van der Waals surface area contributed by atoms with E-state index in [1.54, 1.807) is 0 Å². The predicted octanol–water partition coefficient (Wildman–Crippen LogP) is 0.0494. The maximum absolute atomic E-state index is 4.70. The molecule has 1 unspecified atom stereocenters. The lowest BCUT2D eigenvalue weighted by Gasteiger charge is -2.20. The SMILES string of the molecule is Cc1cc2nc(NC3=[NH+]C[NH+](CCc4ccccc4)CN3)nc(C)c2cc1C. The maximum Gasteiger partial charge on any atom is 0.359 e. The molecule has 0 bridgehead atoms. The minimum Gasteiger partial charge on any atom is -0.276 e. The van der Waals surface area contributed by atoms with Crippen LogP contribution in [-0.2, 0) is 6.42 Å². The van der Waals surface area contributed by atoms with Crippen LogP contribution in [0.15, 0.2) is 42.5 Å². The molecule has 2 aromatic carbocycles. The van der Waals surface area contributed by atoms with Gasteiger partial charge in [0.25, 0.3) is 5.95 Å². The van der Waals surface area contributed by atoms with Crippen LogP contribution in [0.5, 0.6) is 0 Å². The van der Waals surface area contributed by atoms with Gasteiger partial charge >= 0.3 is 5.96 Å². The molecule has 0 radical (unpaired) electrons. The summed E-state index contributed by atoms with van der Waals surface area (Å²) < 4.78 is 0. The number of hydrogen-bond donors (Lipinski definition) is 4. The summed E-state index contributed by atoms with van der Waals surface area (Å²) in [6, 6.07) is 14.9. The Morgan fingerprint density at radius 1 is 1.07 bits per heavy atom. The summed E-state index contributed by atoms with van der Waals surface area (Å²) in [5, 5.41) is 7.83. The number of hydrogen-bond acceptors (Lipinski definition) is 4. The molecule has 0 saturated carbocycles. The number of nitrogens with one attached hydrogen (secondary N) is 4. The van der Waals surface area contributed by atoms with Gasteiger partial charge in [-0.2, -0.15) is 4.98 Å². The van der Waals surface area contributed by atoms with Crippen LogP contribution >= 0.6 is 0 Å². The number of aromatic nitrogens is 2. The molecule has 144 valence electrons. The molecule has 1 atom stereocenters. The number of guanidine groups is 1. The second-order valence-corrected chi connectivity index (χ2v) is 7.53. The average molecular weight is 377 g/mol. The molecule has 0 fully saturated rings. The van der Waals surface area contributed by atoms with Crippen LogP contribution in [0.25, 0.3) is 10.9 Å². The maximum atomic E-state index is 4.70. The van der Waals surface area contributed by atoms with Gasteiger partial charge in [-0.3, -0.25) is 4.90 Å². The van der Waals surface area contributed by atoms with E-state index in [1.165, 1.54) is 21.6 Å². The van der Waals surface area contributed by atoms with Gasteiger partial charge in [0, 0.05) is 11.8 Å². The predicted molar refractivity (Wildman–Crippen MR) is 112 cm³/mol. The van der Waals surface area contributed by atoms with Crippen LogP contribution in [0.3, 0.4) is 0 Å². The van der Waals surface area contributed by atoms with Crippen LogP contribution in [0.1, 0.15) is 22.4 Å². The number of aryl methyl sites for hydroxylation is 3. The van der Waals surface area contributed by atoms with Crippen molar-refractivity contribution in [1.82, 2.24) is 15.3 Å². The average Bonchev–Trinajstić information content (AvgIpc) is 2.70. The van der Waals surface area contributed by atoms with Gasteiger partial charge in [0.2, 0.25) is 0 Å². The molecule has 4 N–H and O–H groups in total. The number of nitrogens with zero attached hydrogens (tertiary/aromatic N) is 2. The van der Waals surface area contributed by atoms with Crippen LogP contribution in [0, 0.1) is 20.8 Å². The summed E-state index contributed by atoms with van der Waals surface area (Å²) in [7, 11) is 0. The molecule has 6 heteroatoms. The fourth-order valence-corrected chi connectivity index (χ4v) is 3.49. The van der Waals surface area contributed by atoms with Gasteiger partial charge in [-0.1, -0.05) is 30.3 Å². The van der Waals surface area contributed by atoms with E-state index in [4.69, 9.17) is 4.98 Å². The summed E-state index contributed by atoms with van der Waals surface area (Å²) in [5.74, 6) is 1.49. The fourth-order valence-electron chi connectivity index (χ4n) is 3.49. The van der Waals surface area contributed by atoms with Crippen LogP contribution in [-0.4, -0.2) is 35.8 Å². The summed E-state index contributed by atoms with van der Waals surface area (Å²) >= 11 is 0. The molecule has 28 heavy (non-hydrogen) atoms. The lowest BCUT2D eigenvalue weighted by Crippen LogP contribution is -3.24. The Morgan fingerprint density at radius 3 is 2.61 bits per heavy atom. The highest BCUT2D eigenvalue weighted by atomic mass is 15.4. The van der Waals surface area contributed by atoms with Crippen molar-refractivity contribution >= 4 is 22.8 Å². The van der Waals surface area contributed by atoms with E-state index in [2.05, 4.69) is 76.9 Å². The summed E-state index contributed by atoms with van der Waals surface area (Å²) in [6.07, 6.45) is 1.08. The molecule has 0 spiro atoms. The van der Waals surface area contributed by atoms with Gasteiger partial charge in [-0.25, -0.2) is 20.6 Å². The lowest BCUT2D eigenvalue weighted by atomic mass is 10.1. The first kappa shape index (κ1) is 18.4. The van der Waals surface area contributed by atoms with Gasteiger partial charge in [0.1, 0.15) is 0 Å². The highest BCUT2D eigenvalue weighted by Crippen LogP contribution is 2.21. The molecule has 2 heterocycles. The van der Waals surface area contributed by atoms with Crippen molar-refractivity contribution in [2.75, 3.05) is 25.2 Å². The third-order valence-corrected chi connectivity index (χ3v) is 5.38. The van der Waals surface area contributed by atoms with Crippen molar-refractivity contribution in [3.63, 3.8) is 0 Å². The van der Waals surface area contributed by atoms with Crippen LogP contribution in [0.4, 0.5) is 5.95 Å². The van der Waals surface area contributed by atoms with E-state index in [0.717, 1.165) is 48.9 Å². The number of anilines is 1. The first-order valence-electron chi connectivity index (χ1n) is 9.83. The second kappa shape index (κ2) is 7.94. The molecule has 1 aliphatic heterocycles. The van der Waals surface area contributed by atoms with Crippen molar-refractivity contribution in [1.29, 1.82) is 0 Å². The fraction of sp³-hybridized carbons (Fsp3) is 0.318. The van der Waals surface area contributed by atoms with E-state index in [-0.39, 0.29) is 0 Å². The molecule has 1 aromatic heterocycles. The summed E-state index contributed by atoms with van der Waals surface area (Å²) in [4.78, 5) is 14.2. The van der Waals surface area contributed by atoms with E-state index in [9.17, 15) is 0 Å². The third-order valence-electron chi connectivity index (χ3n) is 5.38. The third kappa shape index (κ3) is 4.12. The van der Waals surface area contributed by atoms with Crippen molar-refractivity contribution in [2.45, 2.75) is 27.2 Å². The molecular weight excluding hydrogens is 348 g/mol. The standard InChI is InChI=1S/C22H26N6/c1-15-11-19-17(3)25-22(26-20(19)12-16(15)2)27-21-23-13-28(14-24-21)10-9-18-7-5-4-6-8-18/h4-8,11-12H,9-10,13-14H2,1-3H3,(H2,23,24,25,26,27)/p+2. The van der Waals surface area contributed by atoms with E-state index in [0.29, 0.717) is 5.95 Å². The molecule has 0 saturated heterocycles. The Hall–Kier alpha value is -2.99. The largest absolute Gasteiger partial charge is 0.359 e. The zero-order valence-electron chi connectivity index (χ0n) is 16.8. The highest BCUT2D eigenvalue weighted by Gasteiger charge is 2.21. The van der Waals surface area contributed by atoms with E-state index >= 15 is 0 Å². The number of fused-ring (bicyclic) bond motifs is 1. The van der Waals surface area contributed by atoms with Crippen molar-refractivity contribution < 1.29 is 9.89 Å². The smallest absolute Gasteiger partial charge is 0.276 e. The van der Waals surface area contributed by atoms with Crippen molar-refractivity contribution in [2.24, 2.45) is 0 Å². The zero-order valence-corrected chi connectivity index (χ0v) is 16.8. The van der Waals surface area contributed by atoms with Gasteiger partial charge in [0.05, 0.1) is 17.8 Å². The highest BCUT2D eigenvalue weighted by molar-refractivity contribution is 5.89. The zero-order chi connectivity index (χ0) is 19.5. The Morgan fingerprint density at radius 2 is 1.86 bits per heavy atom. The number of quaternary nitrogens is 1. The Balaban J connectivity index is 1.41. The number of benzene rings is 2. The van der Waals surface area contributed by atoms with E-state index < -0.39 is 0 Å². The Labute approximate surface area is 165 Å². The van der Waals surface area contributed by atoms with Gasteiger partial charge < -0.3 is 0 Å². The van der Waals surface area contributed by atoms with Crippen LogP contribution < -0.4 is 20.5 Å². The summed E-state index contributed by atoms with van der Waals surface area (Å²) in [5.41, 5.74) is 5.86. The van der Waals surface area contributed by atoms with Crippen molar-refractivity contribution in [3.8, 4) is 0 Å². The molecule has 6 nitrogen and oxygen atoms in total. The summed E-state index contributed by atoms with van der Waals surface area (Å²) in [6.45, 7) is 9.09. The first-order chi connectivity index (χ1) is 13.6. The van der Waals surface area contributed by atoms with Crippen LogP contribution in [0.2, 0.25) is 0 Å².